The lowest BCUT2D eigenvalue weighted by atomic mass is 10.2. The number of ether oxygens (including phenoxy) is 1. The predicted octanol–water partition coefficient (Wildman–Crippen LogP) is 3.53. The van der Waals surface area contributed by atoms with Gasteiger partial charge < -0.3 is 4.74 Å². The van der Waals surface area contributed by atoms with Crippen LogP contribution in [-0.2, 0) is 4.79 Å². The zero-order valence-electron chi connectivity index (χ0n) is 12.5. The first kappa shape index (κ1) is 15.2. The zero-order chi connectivity index (χ0) is 16.1. The first-order chi connectivity index (χ1) is 11.2. The fraction of sp³-hybridized carbons (Fsp3) is 0.118. The molecule has 23 heavy (non-hydrogen) atoms. The van der Waals surface area contributed by atoms with Crippen molar-refractivity contribution in [2.45, 2.75) is 6.92 Å². The van der Waals surface area contributed by atoms with E-state index in [-0.39, 0.29) is 12.5 Å². The van der Waals surface area contributed by atoms with E-state index in [1.807, 2.05) is 54.8 Å². The van der Waals surface area contributed by atoms with Crippen LogP contribution in [0.1, 0.15) is 5.56 Å². The number of carbonyl (C=O) groups excluding carboxylic acids is 1. The Morgan fingerprint density at radius 2 is 2.00 bits per heavy atom. The summed E-state index contributed by atoms with van der Waals surface area (Å²) in [6, 6.07) is 13.2. The van der Waals surface area contributed by atoms with E-state index in [1.165, 1.54) is 11.3 Å². The predicted molar refractivity (Wildman–Crippen MR) is 90.6 cm³/mol. The topological polar surface area (TPSA) is 64.1 Å². The van der Waals surface area contributed by atoms with Crippen molar-refractivity contribution in [3.8, 4) is 17.1 Å². The number of thiazole rings is 1. The number of benzene rings is 1. The van der Waals surface area contributed by atoms with Crippen molar-refractivity contribution in [2.75, 3.05) is 11.9 Å². The van der Waals surface area contributed by atoms with Crippen molar-refractivity contribution in [2.24, 2.45) is 0 Å². The van der Waals surface area contributed by atoms with Crippen LogP contribution in [0.15, 0.2) is 54.0 Å². The Kier molecular flexibility index (Phi) is 4.63. The van der Waals surface area contributed by atoms with Gasteiger partial charge in [0.15, 0.2) is 11.7 Å². The molecule has 3 aromatic rings. The van der Waals surface area contributed by atoms with Gasteiger partial charge in [0.1, 0.15) is 11.4 Å². The number of pyridine rings is 1. The van der Waals surface area contributed by atoms with Gasteiger partial charge in [-0.25, -0.2) is 4.98 Å². The molecule has 3 rings (SSSR count). The smallest absolute Gasteiger partial charge is 0.264 e. The van der Waals surface area contributed by atoms with Crippen LogP contribution in [-0.4, -0.2) is 22.5 Å². The molecule has 1 amide bonds. The lowest BCUT2D eigenvalue weighted by Crippen LogP contribution is -2.20. The highest BCUT2D eigenvalue weighted by molar-refractivity contribution is 7.14. The Balaban J connectivity index is 1.58. The number of nitrogens with zero attached hydrogens (tertiary/aromatic N) is 2. The summed E-state index contributed by atoms with van der Waals surface area (Å²) in [6.45, 7) is 1.89. The number of aryl methyl sites for hydroxylation is 1. The van der Waals surface area contributed by atoms with E-state index in [9.17, 15) is 4.79 Å². The number of para-hydroxylation sites is 1. The fourth-order valence-corrected chi connectivity index (χ4v) is 2.70. The van der Waals surface area contributed by atoms with Crippen LogP contribution in [0.4, 0.5) is 5.13 Å². The SMILES string of the molecule is Cc1ccccc1OCC(=O)Nc1nc(-c2ccccn2)cs1. The number of rotatable bonds is 5. The van der Waals surface area contributed by atoms with Crippen LogP contribution in [0, 0.1) is 6.92 Å². The van der Waals surface area contributed by atoms with E-state index < -0.39 is 0 Å². The van der Waals surface area contributed by atoms with Crippen LogP contribution in [0.2, 0.25) is 0 Å². The molecule has 1 aromatic carbocycles. The Morgan fingerprint density at radius 1 is 1.17 bits per heavy atom. The molecule has 5 nitrogen and oxygen atoms in total. The van der Waals surface area contributed by atoms with Crippen LogP contribution >= 0.6 is 11.3 Å². The molecule has 0 saturated carbocycles. The van der Waals surface area contributed by atoms with Gasteiger partial charge in [0.2, 0.25) is 0 Å². The molecule has 0 saturated heterocycles. The maximum atomic E-state index is 12.0. The normalized spacial score (nSPS) is 10.3. The van der Waals surface area contributed by atoms with Gasteiger partial charge in [-0.15, -0.1) is 11.3 Å². The summed E-state index contributed by atoms with van der Waals surface area (Å²) in [4.78, 5) is 20.6. The molecule has 0 fully saturated rings. The van der Waals surface area contributed by atoms with Crippen LogP contribution < -0.4 is 10.1 Å². The van der Waals surface area contributed by atoms with Gasteiger partial charge in [-0.1, -0.05) is 24.3 Å². The van der Waals surface area contributed by atoms with E-state index in [4.69, 9.17) is 4.74 Å². The molecule has 0 aliphatic carbocycles. The second-order valence-electron chi connectivity index (χ2n) is 4.86. The first-order valence-corrected chi connectivity index (χ1v) is 7.95. The number of aromatic nitrogens is 2. The number of anilines is 1. The van der Waals surface area contributed by atoms with Crippen molar-refractivity contribution in [1.29, 1.82) is 0 Å². The van der Waals surface area contributed by atoms with Crippen LogP contribution in [0.5, 0.6) is 5.75 Å². The van der Waals surface area contributed by atoms with E-state index in [0.717, 1.165) is 17.0 Å². The molecule has 116 valence electrons. The van der Waals surface area contributed by atoms with Crippen molar-refractivity contribution in [1.82, 2.24) is 9.97 Å². The summed E-state index contributed by atoms with van der Waals surface area (Å²) >= 11 is 1.36. The minimum atomic E-state index is -0.241. The third-order valence-electron chi connectivity index (χ3n) is 3.13. The van der Waals surface area contributed by atoms with Gasteiger partial charge in [-0.3, -0.25) is 15.1 Å². The molecule has 0 bridgehead atoms. The molecule has 0 aliphatic rings. The van der Waals surface area contributed by atoms with Crippen molar-refractivity contribution in [3.05, 3.63) is 59.6 Å². The molecule has 1 N–H and O–H groups in total. The lowest BCUT2D eigenvalue weighted by Gasteiger charge is -2.07. The van der Waals surface area contributed by atoms with Crippen molar-refractivity contribution in [3.63, 3.8) is 0 Å². The van der Waals surface area contributed by atoms with Gasteiger partial charge in [-0.05, 0) is 30.7 Å². The quantitative estimate of drug-likeness (QED) is 0.779. The average Bonchev–Trinajstić information content (AvgIpc) is 3.03. The highest BCUT2D eigenvalue weighted by atomic mass is 32.1. The van der Waals surface area contributed by atoms with Gasteiger partial charge >= 0.3 is 0 Å². The molecule has 6 heteroatoms. The monoisotopic (exact) mass is 325 g/mol. The summed E-state index contributed by atoms with van der Waals surface area (Å²) in [7, 11) is 0. The summed E-state index contributed by atoms with van der Waals surface area (Å²) in [6.07, 6.45) is 1.71. The minimum absolute atomic E-state index is 0.0522. The summed E-state index contributed by atoms with van der Waals surface area (Å²) in [5.41, 5.74) is 2.51. The Morgan fingerprint density at radius 3 is 2.78 bits per heavy atom. The number of hydrogen-bond donors (Lipinski definition) is 1. The first-order valence-electron chi connectivity index (χ1n) is 7.07. The summed E-state index contributed by atoms with van der Waals surface area (Å²) in [5.74, 6) is 0.464. The van der Waals surface area contributed by atoms with Gasteiger partial charge in [0.25, 0.3) is 5.91 Å². The molecule has 0 radical (unpaired) electrons. The minimum Gasteiger partial charge on any atom is -0.483 e. The van der Waals surface area contributed by atoms with Gasteiger partial charge in [-0.2, -0.15) is 0 Å². The van der Waals surface area contributed by atoms with E-state index in [0.29, 0.717) is 10.9 Å². The second kappa shape index (κ2) is 7.02. The number of amides is 1. The third-order valence-corrected chi connectivity index (χ3v) is 3.89. The van der Waals surface area contributed by atoms with Crippen LogP contribution in [0.25, 0.3) is 11.4 Å². The maximum absolute atomic E-state index is 12.0. The van der Waals surface area contributed by atoms with Gasteiger partial charge in [0, 0.05) is 11.6 Å². The lowest BCUT2D eigenvalue weighted by molar-refractivity contribution is -0.118. The van der Waals surface area contributed by atoms with Crippen molar-refractivity contribution >= 4 is 22.4 Å². The highest BCUT2D eigenvalue weighted by Crippen LogP contribution is 2.23. The molecule has 0 spiro atoms. The summed E-state index contributed by atoms with van der Waals surface area (Å²) in [5, 5.41) is 5.13. The number of hydrogen-bond acceptors (Lipinski definition) is 5. The number of carbonyl (C=O) groups is 1. The van der Waals surface area contributed by atoms with Crippen molar-refractivity contribution < 1.29 is 9.53 Å². The standard InChI is InChI=1S/C17H15N3O2S/c1-12-6-2-3-8-15(12)22-10-16(21)20-17-19-14(11-23-17)13-7-4-5-9-18-13/h2-9,11H,10H2,1H3,(H,19,20,21). The molecule has 2 heterocycles. The van der Waals surface area contributed by atoms with E-state index in [1.54, 1.807) is 6.20 Å². The average molecular weight is 325 g/mol. The van der Waals surface area contributed by atoms with Crippen LogP contribution in [0.3, 0.4) is 0 Å². The third kappa shape index (κ3) is 3.92. The fourth-order valence-electron chi connectivity index (χ4n) is 1.98. The van der Waals surface area contributed by atoms with Gasteiger partial charge in [0.05, 0.1) is 5.69 Å². The summed E-state index contributed by atoms with van der Waals surface area (Å²) < 4.78 is 5.51. The molecule has 2 aromatic heterocycles. The second-order valence-corrected chi connectivity index (χ2v) is 5.71. The molecule has 0 aliphatic heterocycles. The zero-order valence-corrected chi connectivity index (χ0v) is 13.3. The Bertz CT molecular complexity index is 802. The molecule has 0 unspecified atom stereocenters. The molecule has 0 atom stereocenters. The molecular weight excluding hydrogens is 310 g/mol. The largest absolute Gasteiger partial charge is 0.483 e. The molecular formula is C17H15N3O2S. The Hall–Kier alpha value is -2.73. The van der Waals surface area contributed by atoms with E-state index >= 15 is 0 Å². The maximum Gasteiger partial charge on any atom is 0.264 e. The number of nitrogens with one attached hydrogen (secondary N) is 1. The Labute approximate surface area is 138 Å². The highest BCUT2D eigenvalue weighted by Gasteiger charge is 2.09. The van der Waals surface area contributed by atoms with E-state index in [2.05, 4.69) is 15.3 Å².